The van der Waals surface area contributed by atoms with Gasteiger partial charge in [-0.1, -0.05) is 20.3 Å². The summed E-state index contributed by atoms with van der Waals surface area (Å²) in [5.74, 6) is -0.632. The first-order valence-corrected chi connectivity index (χ1v) is 7.72. The lowest BCUT2D eigenvalue weighted by atomic mass is 9.75. The van der Waals surface area contributed by atoms with Crippen molar-refractivity contribution in [1.29, 1.82) is 0 Å². The van der Waals surface area contributed by atoms with Crippen molar-refractivity contribution in [2.24, 2.45) is 5.41 Å². The highest BCUT2D eigenvalue weighted by atomic mass is 16.4. The third-order valence-electron chi connectivity index (χ3n) is 4.41. The molecule has 5 nitrogen and oxygen atoms in total. The Kier molecular flexibility index (Phi) is 6.46. The molecule has 1 aliphatic heterocycles. The summed E-state index contributed by atoms with van der Waals surface area (Å²) in [7, 11) is 0. The van der Waals surface area contributed by atoms with Gasteiger partial charge < -0.3 is 10.4 Å². The summed E-state index contributed by atoms with van der Waals surface area (Å²) in [6, 6.07) is -0.171. The number of hydrogen-bond donors (Lipinski definition) is 2. The Labute approximate surface area is 121 Å². The summed E-state index contributed by atoms with van der Waals surface area (Å²) >= 11 is 0. The first kappa shape index (κ1) is 17.0. The molecular weight excluding hydrogens is 256 g/mol. The number of aliphatic carboxylic acids is 1. The Morgan fingerprint density at radius 2 is 1.85 bits per heavy atom. The van der Waals surface area contributed by atoms with Crippen LogP contribution in [0, 0.1) is 5.41 Å². The van der Waals surface area contributed by atoms with Crippen molar-refractivity contribution in [3.8, 4) is 0 Å². The van der Waals surface area contributed by atoms with E-state index >= 15 is 0 Å². The van der Waals surface area contributed by atoms with Crippen LogP contribution in [0.1, 0.15) is 52.9 Å². The summed E-state index contributed by atoms with van der Waals surface area (Å²) < 4.78 is 0. The topological polar surface area (TPSA) is 69.6 Å². The van der Waals surface area contributed by atoms with Gasteiger partial charge in [0.15, 0.2) is 0 Å². The number of nitrogens with one attached hydrogen (secondary N) is 1. The minimum atomic E-state index is -0.679. The quantitative estimate of drug-likeness (QED) is 0.749. The third-order valence-corrected chi connectivity index (χ3v) is 4.41. The Hall–Kier alpha value is -1.10. The van der Waals surface area contributed by atoms with Crippen molar-refractivity contribution >= 4 is 11.9 Å². The SMILES string of the molecule is CCCNC(=O)C(C)N1CCC(CCC)(C(=O)O)CC1. The maximum absolute atomic E-state index is 12.0. The molecule has 1 amide bonds. The summed E-state index contributed by atoms with van der Waals surface area (Å²) in [6.45, 7) is 8.03. The van der Waals surface area contributed by atoms with Gasteiger partial charge in [-0.05, 0) is 32.6 Å². The second kappa shape index (κ2) is 7.62. The van der Waals surface area contributed by atoms with Crippen LogP contribution >= 0.6 is 0 Å². The first-order chi connectivity index (χ1) is 9.46. The van der Waals surface area contributed by atoms with Crippen LogP contribution in [0.2, 0.25) is 0 Å². The monoisotopic (exact) mass is 284 g/mol. The summed E-state index contributed by atoms with van der Waals surface area (Å²) in [4.78, 5) is 25.6. The highest BCUT2D eigenvalue weighted by Gasteiger charge is 2.41. The van der Waals surface area contributed by atoms with Crippen LogP contribution in [0.15, 0.2) is 0 Å². The van der Waals surface area contributed by atoms with Crippen molar-refractivity contribution in [3.05, 3.63) is 0 Å². The van der Waals surface area contributed by atoms with Crippen molar-refractivity contribution in [2.45, 2.75) is 58.9 Å². The molecule has 2 N–H and O–H groups in total. The van der Waals surface area contributed by atoms with Crippen molar-refractivity contribution in [2.75, 3.05) is 19.6 Å². The molecule has 0 aliphatic carbocycles. The van der Waals surface area contributed by atoms with Crippen LogP contribution in [0.4, 0.5) is 0 Å². The zero-order chi connectivity index (χ0) is 15.2. The number of carbonyl (C=O) groups excluding carboxylic acids is 1. The van der Waals surface area contributed by atoms with Crippen molar-refractivity contribution in [3.63, 3.8) is 0 Å². The fourth-order valence-electron chi connectivity index (χ4n) is 2.95. The van der Waals surface area contributed by atoms with Crippen molar-refractivity contribution < 1.29 is 14.7 Å². The molecule has 1 saturated heterocycles. The molecule has 5 heteroatoms. The minimum Gasteiger partial charge on any atom is -0.481 e. The van der Waals surface area contributed by atoms with E-state index in [-0.39, 0.29) is 11.9 Å². The summed E-state index contributed by atoms with van der Waals surface area (Å²) in [5, 5.41) is 12.4. The second-order valence-corrected chi connectivity index (χ2v) is 5.84. The molecule has 0 aromatic heterocycles. The van der Waals surface area contributed by atoms with E-state index in [4.69, 9.17) is 0 Å². The van der Waals surface area contributed by atoms with Gasteiger partial charge in [-0.25, -0.2) is 0 Å². The normalized spacial score (nSPS) is 20.4. The zero-order valence-electron chi connectivity index (χ0n) is 12.9. The molecule has 1 rings (SSSR count). The fourth-order valence-corrected chi connectivity index (χ4v) is 2.95. The van der Waals surface area contributed by atoms with Gasteiger partial charge in [-0.3, -0.25) is 14.5 Å². The summed E-state index contributed by atoms with van der Waals surface area (Å²) in [6.07, 6.45) is 3.83. The average molecular weight is 284 g/mol. The van der Waals surface area contributed by atoms with E-state index in [9.17, 15) is 14.7 Å². The van der Waals surface area contributed by atoms with E-state index in [1.807, 2.05) is 20.8 Å². The average Bonchev–Trinajstić information content (AvgIpc) is 2.44. The van der Waals surface area contributed by atoms with Crippen LogP contribution in [0.5, 0.6) is 0 Å². The lowest BCUT2D eigenvalue weighted by Crippen LogP contribution is -2.52. The molecule has 20 heavy (non-hydrogen) atoms. The minimum absolute atomic E-state index is 0.0465. The largest absolute Gasteiger partial charge is 0.481 e. The van der Waals surface area contributed by atoms with Crippen LogP contribution in [0.25, 0.3) is 0 Å². The van der Waals surface area contributed by atoms with Gasteiger partial charge >= 0.3 is 5.97 Å². The Bertz CT molecular complexity index is 336. The molecule has 1 aliphatic rings. The highest BCUT2D eigenvalue weighted by molar-refractivity contribution is 5.81. The molecule has 0 saturated carbocycles. The maximum atomic E-state index is 12.0. The molecule has 0 spiro atoms. The van der Waals surface area contributed by atoms with Crippen molar-refractivity contribution in [1.82, 2.24) is 10.2 Å². The molecule has 1 unspecified atom stereocenters. The molecule has 0 aromatic carbocycles. The van der Waals surface area contributed by atoms with Gasteiger partial charge in [0.25, 0.3) is 0 Å². The number of hydrogen-bond acceptors (Lipinski definition) is 3. The van der Waals surface area contributed by atoms with Crippen LogP contribution in [0.3, 0.4) is 0 Å². The van der Waals surface area contributed by atoms with E-state index in [2.05, 4.69) is 10.2 Å². The highest BCUT2D eigenvalue weighted by Crippen LogP contribution is 2.36. The third kappa shape index (κ3) is 3.95. The lowest BCUT2D eigenvalue weighted by Gasteiger charge is -2.40. The predicted octanol–water partition coefficient (Wildman–Crippen LogP) is 1.87. The Morgan fingerprint density at radius 3 is 2.30 bits per heavy atom. The van der Waals surface area contributed by atoms with E-state index in [1.165, 1.54) is 0 Å². The number of rotatable bonds is 7. The Balaban J connectivity index is 2.56. The summed E-state index contributed by atoms with van der Waals surface area (Å²) in [5.41, 5.74) is -0.579. The van der Waals surface area contributed by atoms with Crippen LogP contribution < -0.4 is 5.32 Å². The molecule has 1 fully saturated rings. The van der Waals surface area contributed by atoms with Gasteiger partial charge in [0.1, 0.15) is 0 Å². The van der Waals surface area contributed by atoms with Gasteiger partial charge in [0, 0.05) is 19.6 Å². The predicted molar refractivity (Wildman–Crippen MR) is 78.5 cm³/mol. The number of amides is 1. The number of carboxylic acids is 1. The van der Waals surface area contributed by atoms with E-state index < -0.39 is 11.4 Å². The number of carboxylic acid groups (broad SMARTS) is 1. The Morgan fingerprint density at radius 1 is 1.25 bits per heavy atom. The van der Waals surface area contributed by atoms with Crippen LogP contribution in [-0.4, -0.2) is 47.6 Å². The van der Waals surface area contributed by atoms with E-state index in [0.717, 1.165) is 19.3 Å². The molecule has 0 radical (unpaired) electrons. The van der Waals surface area contributed by atoms with Crippen LogP contribution in [-0.2, 0) is 9.59 Å². The molecule has 1 heterocycles. The molecular formula is C15H28N2O3. The van der Waals surface area contributed by atoms with E-state index in [0.29, 0.717) is 32.5 Å². The first-order valence-electron chi connectivity index (χ1n) is 7.72. The number of nitrogens with zero attached hydrogens (tertiary/aromatic N) is 1. The van der Waals surface area contributed by atoms with Gasteiger partial charge in [-0.15, -0.1) is 0 Å². The van der Waals surface area contributed by atoms with Gasteiger partial charge in [0.2, 0.25) is 5.91 Å². The number of piperidine rings is 1. The fraction of sp³-hybridized carbons (Fsp3) is 0.867. The second-order valence-electron chi connectivity index (χ2n) is 5.84. The van der Waals surface area contributed by atoms with Gasteiger partial charge in [0.05, 0.1) is 11.5 Å². The van der Waals surface area contributed by atoms with E-state index in [1.54, 1.807) is 0 Å². The standard InChI is InChI=1S/C15H28N2O3/c1-4-6-15(14(19)20)7-10-17(11-8-15)12(3)13(18)16-9-5-2/h12H,4-11H2,1-3H3,(H,16,18)(H,19,20). The maximum Gasteiger partial charge on any atom is 0.309 e. The number of likely N-dealkylation sites (tertiary alicyclic amines) is 1. The molecule has 116 valence electrons. The van der Waals surface area contributed by atoms with Gasteiger partial charge in [-0.2, -0.15) is 0 Å². The zero-order valence-corrected chi connectivity index (χ0v) is 12.9. The molecule has 0 bridgehead atoms. The molecule has 1 atom stereocenters. The molecule has 0 aromatic rings. The smallest absolute Gasteiger partial charge is 0.309 e. The number of carbonyl (C=O) groups is 2. The lowest BCUT2D eigenvalue weighted by molar-refractivity contribution is -0.153.